The zero-order chi connectivity index (χ0) is 18.1. The van der Waals surface area contributed by atoms with Crippen LogP contribution in [0.1, 0.15) is 42.2 Å². The van der Waals surface area contributed by atoms with Crippen LogP contribution in [0.5, 0.6) is 5.75 Å². The number of ether oxygens (including phenoxy) is 1. The van der Waals surface area contributed by atoms with Gasteiger partial charge in [0.1, 0.15) is 5.75 Å². The summed E-state index contributed by atoms with van der Waals surface area (Å²) in [5.74, 6) is 8.00. The smallest absolute Gasteiger partial charge is 0.154 e. The van der Waals surface area contributed by atoms with E-state index in [0.717, 1.165) is 41.5 Å². The van der Waals surface area contributed by atoms with Gasteiger partial charge < -0.3 is 10.5 Å². The Balaban J connectivity index is 1.79. The molecule has 1 atom stereocenters. The molecule has 0 radical (unpaired) electrons. The number of nitrogens with two attached hydrogens (primary N) is 1. The number of thiophene rings is 1. The van der Waals surface area contributed by atoms with E-state index in [-0.39, 0.29) is 5.54 Å². The molecule has 1 aromatic carbocycles. The van der Waals surface area contributed by atoms with Crippen LogP contribution in [0.4, 0.5) is 0 Å². The first-order valence-corrected chi connectivity index (χ1v) is 10.7. The standard InChI is InChI=1S/C21H22N2OS2/c1-3-5-14-12-15(7-8-17(14)24-2)19-13-16-18(26-19)6-4-9-21(16)10-11-25-20(22)23-21/h7-8,12-13H,4,6,9-11H2,1-2H3,(H2,22,23). The number of hydrogen-bond donors (Lipinski definition) is 1. The first kappa shape index (κ1) is 17.5. The second-order valence-corrected chi connectivity index (χ2v) is 8.92. The Morgan fingerprint density at radius 2 is 2.15 bits per heavy atom. The summed E-state index contributed by atoms with van der Waals surface area (Å²) in [5.41, 5.74) is 9.51. The van der Waals surface area contributed by atoms with Gasteiger partial charge in [0, 0.05) is 15.5 Å². The molecule has 4 rings (SSSR count). The van der Waals surface area contributed by atoms with Crippen molar-refractivity contribution in [1.29, 1.82) is 0 Å². The fourth-order valence-corrected chi connectivity index (χ4v) is 6.10. The van der Waals surface area contributed by atoms with Crippen LogP contribution < -0.4 is 10.5 Å². The molecule has 26 heavy (non-hydrogen) atoms. The third kappa shape index (κ3) is 3.02. The lowest BCUT2D eigenvalue weighted by molar-refractivity contribution is 0.368. The van der Waals surface area contributed by atoms with E-state index in [0.29, 0.717) is 0 Å². The third-order valence-electron chi connectivity index (χ3n) is 5.14. The van der Waals surface area contributed by atoms with Gasteiger partial charge in [-0.1, -0.05) is 17.7 Å². The Morgan fingerprint density at radius 3 is 2.92 bits per heavy atom. The van der Waals surface area contributed by atoms with Gasteiger partial charge in [0.05, 0.1) is 18.2 Å². The molecule has 2 heterocycles. The molecule has 0 saturated heterocycles. The van der Waals surface area contributed by atoms with Crippen LogP contribution in [-0.2, 0) is 12.0 Å². The van der Waals surface area contributed by atoms with Crippen molar-refractivity contribution < 1.29 is 4.74 Å². The normalized spacial score (nSPS) is 21.5. The van der Waals surface area contributed by atoms with Crippen LogP contribution in [0.25, 0.3) is 10.4 Å². The zero-order valence-electron chi connectivity index (χ0n) is 15.1. The molecule has 2 aliphatic rings. The number of nitrogens with zero attached hydrogens (tertiary/aromatic N) is 1. The molecule has 5 heteroatoms. The van der Waals surface area contributed by atoms with Gasteiger partial charge in [0.25, 0.3) is 0 Å². The summed E-state index contributed by atoms with van der Waals surface area (Å²) < 4.78 is 5.44. The molecule has 1 aliphatic carbocycles. The summed E-state index contributed by atoms with van der Waals surface area (Å²) in [6.07, 6.45) is 4.51. The average molecular weight is 383 g/mol. The molecular weight excluding hydrogens is 360 g/mol. The van der Waals surface area contributed by atoms with Crippen molar-refractivity contribution in [3.8, 4) is 28.0 Å². The predicted octanol–water partition coefficient (Wildman–Crippen LogP) is 4.78. The summed E-state index contributed by atoms with van der Waals surface area (Å²) in [4.78, 5) is 7.67. The number of fused-ring (bicyclic) bond motifs is 2. The lowest BCUT2D eigenvalue weighted by Gasteiger charge is -2.36. The molecule has 1 unspecified atom stereocenters. The largest absolute Gasteiger partial charge is 0.495 e. The Kier molecular flexibility index (Phi) is 4.73. The van der Waals surface area contributed by atoms with Gasteiger partial charge in [-0.2, -0.15) is 0 Å². The molecule has 0 fully saturated rings. The van der Waals surface area contributed by atoms with Crippen molar-refractivity contribution in [3.05, 3.63) is 40.3 Å². The molecule has 2 aromatic rings. The summed E-state index contributed by atoms with van der Waals surface area (Å²) in [5, 5.41) is 0.738. The number of amidine groups is 1. The quantitative estimate of drug-likeness (QED) is 0.761. The maximum absolute atomic E-state index is 6.09. The summed E-state index contributed by atoms with van der Waals surface area (Å²) in [7, 11) is 1.69. The van der Waals surface area contributed by atoms with E-state index < -0.39 is 0 Å². The Bertz CT molecular complexity index is 935. The molecule has 1 aliphatic heterocycles. The average Bonchev–Trinajstić information content (AvgIpc) is 3.08. The Morgan fingerprint density at radius 1 is 1.27 bits per heavy atom. The maximum Gasteiger partial charge on any atom is 0.154 e. The second kappa shape index (κ2) is 7.02. The minimum Gasteiger partial charge on any atom is -0.495 e. The number of thioether (sulfide) groups is 1. The molecule has 3 nitrogen and oxygen atoms in total. The van der Waals surface area contributed by atoms with Crippen molar-refractivity contribution in [2.45, 2.75) is 38.1 Å². The maximum atomic E-state index is 6.09. The van der Waals surface area contributed by atoms with E-state index in [1.165, 1.54) is 27.3 Å². The van der Waals surface area contributed by atoms with E-state index in [1.807, 2.05) is 24.3 Å². The van der Waals surface area contributed by atoms with Crippen molar-refractivity contribution in [2.24, 2.45) is 10.7 Å². The van der Waals surface area contributed by atoms with Crippen LogP contribution in [-0.4, -0.2) is 18.0 Å². The van der Waals surface area contributed by atoms with Crippen LogP contribution in [0.2, 0.25) is 0 Å². The first-order valence-electron chi connectivity index (χ1n) is 8.88. The van der Waals surface area contributed by atoms with E-state index in [1.54, 1.807) is 18.9 Å². The SMILES string of the molecule is CC#Cc1cc(-c2cc3c(s2)CCCC32CCSC(N)=N2)ccc1OC. The molecule has 134 valence electrons. The summed E-state index contributed by atoms with van der Waals surface area (Å²) in [6.45, 7) is 1.85. The highest BCUT2D eigenvalue weighted by Crippen LogP contribution is 2.49. The van der Waals surface area contributed by atoms with Crippen LogP contribution in [0.15, 0.2) is 29.3 Å². The Labute approximate surface area is 163 Å². The minimum absolute atomic E-state index is 0.101. The zero-order valence-corrected chi connectivity index (χ0v) is 16.7. The van der Waals surface area contributed by atoms with E-state index in [4.69, 9.17) is 15.5 Å². The van der Waals surface area contributed by atoms with Gasteiger partial charge in [-0.05, 0) is 68.0 Å². The molecular formula is C21H22N2OS2. The van der Waals surface area contributed by atoms with Gasteiger partial charge >= 0.3 is 0 Å². The van der Waals surface area contributed by atoms with E-state index in [2.05, 4.69) is 30.0 Å². The predicted molar refractivity (Wildman–Crippen MR) is 112 cm³/mol. The molecule has 0 saturated carbocycles. The summed E-state index contributed by atoms with van der Waals surface area (Å²) >= 11 is 3.57. The van der Waals surface area contributed by atoms with Crippen LogP contribution in [0.3, 0.4) is 0 Å². The van der Waals surface area contributed by atoms with E-state index >= 15 is 0 Å². The lowest BCUT2D eigenvalue weighted by atomic mass is 9.78. The topological polar surface area (TPSA) is 47.6 Å². The third-order valence-corrected chi connectivity index (χ3v) is 7.18. The minimum atomic E-state index is -0.101. The Hall–Kier alpha value is -1.90. The number of hydrogen-bond acceptors (Lipinski definition) is 5. The van der Waals surface area contributed by atoms with Crippen molar-refractivity contribution >= 4 is 28.3 Å². The number of benzene rings is 1. The van der Waals surface area contributed by atoms with Crippen molar-refractivity contribution in [2.75, 3.05) is 12.9 Å². The molecule has 0 bridgehead atoms. The van der Waals surface area contributed by atoms with Crippen LogP contribution >= 0.6 is 23.1 Å². The highest BCUT2D eigenvalue weighted by Gasteiger charge is 2.39. The number of aryl methyl sites for hydroxylation is 1. The second-order valence-electron chi connectivity index (χ2n) is 6.67. The molecule has 0 amide bonds. The van der Waals surface area contributed by atoms with Crippen LogP contribution in [0, 0.1) is 11.8 Å². The molecule has 1 spiro atoms. The molecule has 2 N–H and O–H groups in total. The fourth-order valence-electron chi connectivity index (χ4n) is 3.92. The van der Waals surface area contributed by atoms with Gasteiger partial charge in [0.15, 0.2) is 5.17 Å². The first-order chi connectivity index (χ1) is 12.6. The van der Waals surface area contributed by atoms with Crippen molar-refractivity contribution in [3.63, 3.8) is 0 Å². The van der Waals surface area contributed by atoms with Gasteiger partial charge in [-0.25, -0.2) is 0 Å². The highest BCUT2D eigenvalue weighted by atomic mass is 32.2. The van der Waals surface area contributed by atoms with Gasteiger partial charge in [0.2, 0.25) is 0 Å². The highest BCUT2D eigenvalue weighted by molar-refractivity contribution is 8.13. The van der Waals surface area contributed by atoms with Gasteiger partial charge in [-0.3, -0.25) is 4.99 Å². The van der Waals surface area contributed by atoms with Crippen molar-refractivity contribution in [1.82, 2.24) is 0 Å². The number of rotatable bonds is 2. The monoisotopic (exact) mass is 382 g/mol. The number of aliphatic imine (C=N–C) groups is 1. The van der Waals surface area contributed by atoms with E-state index in [9.17, 15) is 0 Å². The summed E-state index contributed by atoms with van der Waals surface area (Å²) in [6, 6.07) is 8.61. The fraction of sp³-hybridized carbons (Fsp3) is 0.381. The number of methoxy groups -OCH3 is 1. The lowest BCUT2D eigenvalue weighted by Crippen LogP contribution is -2.34. The molecule has 1 aromatic heterocycles. The van der Waals surface area contributed by atoms with Gasteiger partial charge in [-0.15, -0.1) is 17.3 Å².